The van der Waals surface area contributed by atoms with Gasteiger partial charge in [0.2, 0.25) is 5.95 Å². The van der Waals surface area contributed by atoms with Crippen LogP contribution in [0, 0.1) is 22.1 Å². The highest BCUT2D eigenvalue weighted by Crippen LogP contribution is 2.32. The van der Waals surface area contributed by atoms with Crippen LogP contribution in [0.4, 0.5) is 17.5 Å². The Morgan fingerprint density at radius 3 is 2.77 bits per heavy atom. The second-order valence-corrected chi connectivity index (χ2v) is 9.00. The first-order valence-corrected chi connectivity index (χ1v) is 12.0. The molecule has 0 spiro atoms. The van der Waals surface area contributed by atoms with E-state index in [2.05, 4.69) is 26.7 Å². The Labute approximate surface area is 203 Å². The summed E-state index contributed by atoms with van der Waals surface area (Å²) in [5.41, 5.74) is 2.44. The monoisotopic (exact) mass is 471 g/mol. The van der Waals surface area contributed by atoms with Gasteiger partial charge in [0.1, 0.15) is 35.0 Å². The molecular formula is C25H29N9O. The number of nitrogens with one attached hydrogen (secondary N) is 5. The number of benzene rings is 1. The summed E-state index contributed by atoms with van der Waals surface area (Å²) in [4.78, 5) is 14.1. The number of ether oxygens (including phenoxy) is 1. The molecule has 180 valence electrons. The summed E-state index contributed by atoms with van der Waals surface area (Å²) >= 11 is 0. The van der Waals surface area contributed by atoms with Gasteiger partial charge in [0, 0.05) is 30.8 Å². The number of amidine groups is 2. The first-order valence-electron chi connectivity index (χ1n) is 12.0. The van der Waals surface area contributed by atoms with Crippen molar-refractivity contribution in [1.82, 2.24) is 19.9 Å². The number of methoxy groups -OCH3 is 1. The number of likely N-dealkylation sites (tertiary alicyclic amines) is 1. The average Bonchev–Trinajstić information content (AvgIpc) is 3.50. The molecule has 35 heavy (non-hydrogen) atoms. The largest absolute Gasteiger partial charge is 0.495 e. The van der Waals surface area contributed by atoms with Crippen molar-refractivity contribution in [3.8, 4) is 11.8 Å². The summed E-state index contributed by atoms with van der Waals surface area (Å²) in [5, 5.41) is 33.7. The van der Waals surface area contributed by atoms with Crippen LogP contribution in [0.15, 0.2) is 24.4 Å². The lowest BCUT2D eigenvalue weighted by Crippen LogP contribution is -2.31. The van der Waals surface area contributed by atoms with E-state index in [9.17, 15) is 5.26 Å². The summed E-state index contributed by atoms with van der Waals surface area (Å²) in [5.74, 6) is 2.34. The van der Waals surface area contributed by atoms with E-state index in [0.29, 0.717) is 76.0 Å². The predicted molar refractivity (Wildman–Crippen MR) is 136 cm³/mol. The van der Waals surface area contributed by atoms with Crippen LogP contribution >= 0.6 is 0 Å². The molecule has 1 aliphatic carbocycles. The van der Waals surface area contributed by atoms with Gasteiger partial charge in [-0.3, -0.25) is 10.8 Å². The highest BCUT2D eigenvalue weighted by Gasteiger charge is 2.23. The van der Waals surface area contributed by atoms with E-state index >= 15 is 0 Å². The van der Waals surface area contributed by atoms with Crippen LogP contribution < -0.4 is 15.4 Å². The van der Waals surface area contributed by atoms with Crippen LogP contribution in [0.3, 0.4) is 0 Å². The van der Waals surface area contributed by atoms with Gasteiger partial charge in [-0.25, -0.2) is 0 Å². The van der Waals surface area contributed by atoms with Gasteiger partial charge in [-0.2, -0.15) is 15.2 Å². The maximum Gasteiger partial charge on any atom is 0.231 e. The lowest BCUT2D eigenvalue weighted by Gasteiger charge is -2.24. The van der Waals surface area contributed by atoms with Crippen molar-refractivity contribution in [1.29, 1.82) is 16.1 Å². The summed E-state index contributed by atoms with van der Waals surface area (Å²) in [6, 6.07) is 8.00. The third-order valence-electron chi connectivity index (χ3n) is 6.71. The molecule has 0 radical (unpaired) electrons. The lowest BCUT2D eigenvalue weighted by atomic mass is 9.95. The van der Waals surface area contributed by atoms with E-state index < -0.39 is 0 Å². The standard InChI is InChI=1S/C25H29N9O/c1-35-19-12-15(22(28)34-11-5-8-20(34)27)9-10-18(19)31-25-32-23-21(16(13-26)14-29-23)24(33-25)30-17-6-3-2-4-7-17/h9-10,12,14,17,27-28H,2-8,11H2,1H3,(H3,29,30,31,32,33). The van der Waals surface area contributed by atoms with Crippen molar-refractivity contribution in [3.05, 3.63) is 35.5 Å². The minimum atomic E-state index is 0.296. The predicted octanol–water partition coefficient (Wildman–Crippen LogP) is 4.72. The van der Waals surface area contributed by atoms with Crippen molar-refractivity contribution >= 4 is 40.2 Å². The van der Waals surface area contributed by atoms with Crippen LogP contribution in [-0.4, -0.2) is 51.2 Å². The minimum Gasteiger partial charge on any atom is -0.495 e. The molecule has 3 aromatic rings. The highest BCUT2D eigenvalue weighted by atomic mass is 16.5. The summed E-state index contributed by atoms with van der Waals surface area (Å²) in [7, 11) is 1.58. The van der Waals surface area contributed by atoms with E-state index in [0.717, 1.165) is 19.3 Å². The fraction of sp³-hybridized carbons (Fsp3) is 0.400. The molecule has 5 rings (SSSR count). The SMILES string of the molecule is COc1cc(C(=N)N2CCCC2=N)ccc1Nc1nc(NC2CCCCC2)c2c(C#N)c[nH]c2n1. The number of anilines is 3. The molecule has 0 bridgehead atoms. The van der Waals surface area contributed by atoms with Crippen LogP contribution in [0.5, 0.6) is 5.75 Å². The number of aromatic amines is 1. The molecular weight excluding hydrogens is 442 g/mol. The molecule has 1 saturated heterocycles. The lowest BCUT2D eigenvalue weighted by molar-refractivity contribution is 0.416. The number of aromatic nitrogens is 3. The van der Waals surface area contributed by atoms with Gasteiger partial charge >= 0.3 is 0 Å². The van der Waals surface area contributed by atoms with Gasteiger partial charge < -0.3 is 25.3 Å². The molecule has 0 unspecified atom stereocenters. The smallest absolute Gasteiger partial charge is 0.231 e. The van der Waals surface area contributed by atoms with Crippen LogP contribution in [0.2, 0.25) is 0 Å². The number of rotatable bonds is 6. The second-order valence-electron chi connectivity index (χ2n) is 9.00. The second kappa shape index (κ2) is 9.62. The number of hydrogen-bond donors (Lipinski definition) is 5. The van der Waals surface area contributed by atoms with Crippen LogP contribution in [-0.2, 0) is 0 Å². The first kappa shape index (κ1) is 22.7. The highest BCUT2D eigenvalue weighted by molar-refractivity contribution is 6.08. The Kier molecular flexibility index (Phi) is 6.23. The normalized spacial score (nSPS) is 16.3. The molecule has 2 aromatic heterocycles. The zero-order valence-electron chi connectivity index (χ0n) is 19.7. The molecule has 1 aromatic carbocycles. The van der Waals surface area contributed by atoms with Gasteiger partial charge in [0.05, 0.1) is 23.7 Å². The number of H-pyrrole nitrogens is 1. The number of hydrogen-bond acceptors (Lipinski definition) is 8. The molecule has 3 heterocycles. The summed E-state index contributed by atoms with van der Waals surface area (Å²) < 4.78 is 5.61. The third kappa shape index (κ3) is 4.49. The third-order valence-corrected chi connectivity index (χ3v) is 6.71. The molecule has 0 amide bonds. The maximum absolute atomic E-state index is 9.57. The van der Waals surface area contributed by atoms with Gasteiger partial charge in [0.15, 0.2) is 0 Å². The Bertz CT molecular complexity index is 1320. The van der Waals surface area contributed by atoms with Crippen molar-refractivity contribution in [2.45, 2.75) is 51.0 Å². The fourth-order valence-electron chi connectivity index (χ4n) is 4.86. The molecule has 1 aliphatic heterocycles. The van der Waals surface area contributed by atoms with Crippen molar-refractivity contribution in [3.63, 3.8) is 0 Å². The van der Waals surface area contributed by atoms with Crippen molar-refractivity contribution in [2.24, 2.45) is 0 Å². The van der Waals surface area contributed by atoms with Gasteiger partial charge in [0.25, 0.3) is 0 Å². The van der Waals surface area contributed by atoms with E-state index in [4.69, 9.17) is 20.5 Å². The van der Waals surface area contributed by atoms with Crippen molar-refractivity contribution in [2.75, 3.05) is 24.3 Å². The zero-order valence-corrected chi connectivity index (χ0v) is 19.7. The molecule has 2 aliphatic rings. The Balaban J connectivity index is 1.45. The van der Waals surface area contributed by atoms with E-state index in [1.54, 1.807) is 24.3 Å². The Morgan fingerprint density at radius 1 is 1.23 bits per heavy atom. The number of fused-ring (bicyclic) bond motifs is 1. The average molecular weight is 472 g/mol. The van der Waals surface area contributed by atoms with Gasteiger partial charge in [-0.1, -0.05) is 19.3 Å². The topological polar surface area (TPSA) is 150 Å². The molecule has 5 N–H and O–H groups in total. The zero-order chi connectivity index (χ0) is 24.4. The van der Waals surface area contributed by atoms with Crippen LogP contribution in [0.1, 0.15) is 56.1 Å². The van der Waals surface area contributed by atoms with Gasteiger partial charge in [-0.05, 0) is 37.5 Å². The van der Waals surface area contributed by atoms with Crippen LogP contribution in [0.25, 0.3) is 11.0 Å². The fourth-order valence-corrected chi connectivity index (χ4v) is 4.86. The minimum absolute atomic E-state index is 0.296. The van der Waals surface area contributed by atoms with Gasteiger partial charge in [-0.15, -0.1) is 0 Å². The summed E-state index contributed by atoms with van der Waals surface area (Å²) in [6.07, 6.45) is 9.03. The van der Waals surface area contributed by atoms with E-state index in [1.807, 2.05) is 12.1 Å². The van der Waals surface area contributed by atoms with E-state index in [1.165, 1.54) is 19.3 Å². The molecule has 10 heteroatoms. The quantitative estimate of drug-likeness (QED) is 0.258. The number of nitriles is 1. The molecule has 0 atom stereocenters. The molecule has 10 nitrogen and oxygen atoms in total. The molecule has 1 saturated carbocycles. The summed E-state index contributed by atoms with van der Waals surface area (Å²) in [6.45, 7) is 0.686. The Morgan fingerprint density at radius 2 is 2.06 bits per heavy atom. The molecule has 2 fully saturated rings. The maximum atomic E-state index is 9.57. The van der Waals surface area contributed by atoms with E-state index in [-0.39, 0.29) is 0 Å². The van der Waals surface area contributed by atoms with Crippen molar-refractivity contribution < 1.29 is 4.74 Å². The number of nitrogens with zero attached hydrogens (tertiary/aromatic N) is 4. The first-order chi connectivity index (χ1) is 17.1. The Hall–Kier alpha value is -4.13.